The van der Waals surface area contributed by atoms with Gasteiger partial charge < -0.3 is 8.82 Å². The van der Waals surface area contributed by atoms with Crippen LogP contribution in [0, 0.1) is 0 Å². The van der Waals surface area contributed by atoms with E-state index >= 15 is 0 Å². The first kappa shape index (κ1) is 22.3. The van der Waals surface area contributed by atoms with E-state index in [1.807, 2.05) is 60.7 Å². The first-order valence-electron chi connectivity index (χ1n) is 15.1. The fourth-order valence-corrected chi connectivity index (χ4v) is 8.07. The summed E-state index contributed by atoms with van der Waals surface area (Å²) in [6, 6.07) is 40.1. The van der Waals surface area contributed by atoms with Crippen LogP contribution in [0.2, 0.25) is 0 Å². The molecule has 6 aromatic heterocycles. The van der Waals surface area contributed by atoms with E-state index in [-0.39, 0.29) is 0 Å². The highest BCUT2D eigenvalue weighted by atomic mass is 16.3. The van der Waals surface area contributed by atoms with Crippen molar-refractivity contribution < 1.29 is 4.42 Å². The van der Waals surface area contributed by atoms with Gasteiger partial charge in [-0.2, -0.15) is 9.97 Å². The molecule has 0 fully saturated rings. The predicted molar refractivity (Wildman–Crippen MR) is 181 cm³/mol. The minimum atomic E-state index is 0.592. The van der Waals surface area contributed by atoms with Gasteiger partial charge in [0.2, 0.25) is 5.95 Å². The Kier molecular flexibility index (Phi) is 3.68. The summed E-state index contributed by atoms with van der Waals surface area (Å²) < 4.78 is 11.3. The van der Waals surface area contributed by atoms with Crippen LogP contribution in [0.3, 0.4) is 0 Å². The van der Waals surface area contributed by atoms with Crippen molar-refractivity contribution in [3.8, 4) is 28.7 Å². The molecule has 6 heteroatoms. The second-order valence-electron chi connectivity index (χ2n) is 12.0. The number of rotatable bonds is 3. The topological polar surface area (TPSA) is 61.2 Å². The van der Waals surface area contributed by atoms with Crippen molar-refractivity contribution in [3.05, 3.63) is 115 Å². The maximum absolute atomic E-state index is 6.55. The lowest BCUT2D eigenvalue weighted by Gasteiger charge is -2.11. The molecule has 0 saturated carbocycles. The molecule has 6 aromatic carbocycles. The zero-order valence-corrected chi connectivity index (χ0v) is 23.6. The summed E-state index contributed by atoms with van der Waals surface area (Å²) in [7, 11) is 0. The highest BCUT2D eigenvalue weighted by Gasteiger charge is 2.30. The molecule has 0 atom stereocenters. The van der Waals surface area contributed by atoms with Crippen LogP contribution in [0.1, 0.15) is 0 Å². The van der Waals surface area contributed by atoms with E-state index in [9.17, 15) is 0 Å². The molecule has 0 N–H and O–H groups in total. The van der Waals surface area contributed by atoms with Gasteiger partial charge in [-0.3, -0.25) is 4.57 Å². The number of nitrogens with zero attached hydrogens (tertiary/aromatic N) is 5. The van der Waals surface area contributed by atoms with Crippen molar-refractivity contribution in [2.24, 2.45) is 0 Å². The monoisotopic (exact) mass is 573 g/mol. The van der Waals surface area contributed by atoms with Crippen molar-refractivity contribution in [2.75, 3.05) is 0 Å². The minimum Gasteiger partial charge on any atom is -0.456 e. The van der Waals surface area contributed by atoms with Crippen LogP contribution in [0.25, 0.3) is 111 Å². The molecule has 0 spiro atoms. The van der Waals surface area contributed by atoms with E-state index in [0.29, 0.717) is 17.6 Å². The average molecular weight is 574 g/mol. The minimum absolute atomic E-state index is 0.592. The van der Waals surface area contributed by atoms with E-state index in [1.54, 1.807) is 0 Å². The van der Waals surface area contributed by atoms with E-state index in [4.69, 9.17) is 19.4 Å². The van der Waals surface area contributed by atoms with Crippen molar-refractivity contribution in [1.29, 1.82) is 0 Å². The molecule has 0 aliphatic rings. The molecule has 0 unspecified atom stereocenters. The Morgan fingerprint density at radius 2 is 0.978 bits per heavy atom. The Labute approximate surface area is 253 Å². The van der Waals surface area contributed by atoms with Gasteiger partial charge in [-0.15, -0.1) is 0 Å². The smallest absolute Gasteiger partial charge is 0.238 e. The molecule has 6 nitrogen and oxygen atoms in total. The molecule has 206 valence electrons. The fraction of sp³-hybridized carbons (Fsp3) is 0. The number of para-hydroxylation sites is 1. The molecule has 6 heterocycles. The number of hydrogen-bond acceptors (Lipinski definition) is 4. The summed E-state index contributed by atoms with van der Waals surface area (Å²) in [6.45, 7) is 0. The van der Waals surface area contributed by atoms with Gasteiger partial charge in [0, 0.05) is 48.8 Å². The fourth-order valence-electron chi connectivity index (χ4n) is 8.07. The second kappa shape index (κ2) is 7.44. The van der Waals surface area contributed by atoms with Crippen molar-refractivity contribution in [3.63, 3.8) is 0 Å². The van der Waals surface area contributed by atoms with E-state index in [1.165, 1.54) is 54.3 Å². The van der Waals surface area contributed by atoms with Crippen molar-refractivity contribution >= 4 is 81.8 Å². The lowest BCUT2D eigenvalue weighted by atomic mass is 10.0. The standard InChI is InChI=1S/C39H19N5O/c1-3-8-20(9-4-1)37-40-38(21-10-5-2-6-11-21)42-39(41-37)43-26-17-19-28-32-30(26)31-27(43)16-14-24-22-12-7-13-23-25-15-18-29(45-28)33(32)36(25)44(34(22)23)35(24)31/h1-19H. The van der Waals surface area contributed by atoms with Gasteiger partial charge in [0.05, 0.1) is 33.0 Å². The maximum Gasteiger partial charge on any atom is 0.238 e. The third kappa shape index (κ3) is 2.50. The molecule has 0 amide bonds. The first-order chi connectivity index (χ1) is 22.3. The molecule has 0 radical (unpaired) electrons. The van der Waals surface area contributed by atoms with Gasteiger partial charge in [0.15, 0.2) is 11.6 Å². The van der Waals surface area contributed by atoms with Gasteiger partial charge in [-0.05, 0) is 30.3 Å². The van der Waals surface area contributed by atoms with Crippen LogP contribution in [0.5, 0.6) is 0 Å². The number of aromatic nitrogens is 5. The number of furan rings is 1. The second-order valence-corrected chi connectivity index (χ2v) is 12.0. The molecule has 0 aliphatic heterocycles. The Hall–Kier alpha value is -6.27. The molecule has 45 heavy (non-hydrogen) atoms. The number of fused-ring (bicyclic) bond motifs is 2. The van der Waals surface area contributed by atoms with Crippen LogP contribution in [0.4, 0.5) is 0 Å². The van der Waals surface area contributed by atoms with Gasteiger partial charge in [0.1, 0.15) is 11.2 Å². The summed E-state index contributed by atoms with van der Waals surface area (Å²) >= 11 is 0. The van der Waals surface area contributed by atoms with Crippen LogP contribution in [0.15, 0.2) is 120 Å². The molecular formula is C39H19N5O. The van der Waals surface area contributed by atoms with Gasteiger partial charge in [-0.1, -0.05) is 84.9 Å². The maximum atomic E-state index is 6.55. The van der Waals surface area contributed by atoms with E-state index in [2.05, 4.69) is 63.6 Å². The summed E-state index contributed by atoms with van der Waals surface area (Å²) in [5.74, 6) is 1.87. The Balaban J connectivity index is 1.32. The van der Waals surface area contributed by atoms with Crippen LogP contribution in [-0.2, 0) is 0 Å². The molecule has 0 saturated heterocycles. The third-order valence-corrected chi connectivity index (χ3v) is 9.82. The van der Waals surface area contributed by atoms with Crippen LogP contribution < -0.4 is 0 Å². The molecule has 0 aliphatic carbocycles. The Morgan fingerprint density at radius 1 is 0.422 bits per heavy atom. The molecule has 12 aromatic rings. The summed E-state index contributed by atoms with van der Waals surface area (Å²) in [4.78, 5) is 15.3. The quantitative estimate of drug-likeness (QED) is 0.211. The summed E-state index contributed by atoms with van der Waals surface area (Å²) in [6.07, 6.45) is 0. The average Bonchev–Trinajstić information content (AvgIpc) is 3.81. The summed E-state index contributed by atoms with van der Waals surface area (Å²) in [5, 5.41) is 9.76. The summed E-state index contributed by atoms with van der Waals surface area (Å²) in [5.41, 5.74) is 9.53. The SMILES string of the molecule is c1ccc(-c2nc(-c3ccccc3)nc(-n3c4ccc5oc6ccc7c8cccc9c%10ccc3c3c4c5c6c7n(c89)c%103)n2)cc1. The lowest BCUT2D eigenvalue weighted by molar-refractivity contribution is 0.669. The molecule has 0 bridgehead atoms. The number of benzene rings is 6. The van der Waals surface area contributed by atoms with Gasteiger partial charge >= 0.3 is 0 Å². The molecular weight excluding hydrogens is 554 g/mol. The predicted octanol–water partition coefficient (Wildman–Crippen LogP) is 9.67. The first-order valence-corrected chi connectivity index (χ1v) is 15.1. The zero-order valence-electron chi connectivity index (χ0n) is 23.6. The van der Waals surface area contributed by atoms with Crippen molar-refractivity contribution in [1.82, 2.24) is 23.9 Å². The van der Waals surface area contributed by atoms with E-state index < -0.39 is 0 Å². The van der Waals surface area contributed by atoms with Gasteiger partial charge in [0.25, 0.3) is 0 Å². The zero-order chi connectivity index (χ0) is 29.0. The molecule has 12 rings (SSSR count). The van der Waals surface area contributed by atoms with Crippen LogP contribution in [-0.4, -0.2) is 23.9 Å². The third-order valence-electron chi connectivity index (χ3n) is 9.82. The number of hydrogen-bond donors (Lipinski definition) is 0. The highest BCUT2D eigenvalue weighted by molar-refractivity contribution is 6.41. The normalized spacial score (nSPS) is 12.9. The van der Waals surface area contributed by atoms with E-state index in [0.717, 1.165) is 38.7 Å². The van der Waals surface area contributed by atoms with Crippen molar-refractivity contribution in [2.45, 2.75) is 0 Å². The van der Waals surface area contributed by atoms with Crippen LogP contribution >= 0.6 is 0 Å². The lowest BCUT2D eigenvalue weighted by Crippen LogP contribution is -2.06. The van der Waals surface area contributed by atoms with Gasteiger partial charge in [-0.25, -0.2) is 4.98 Å². The Bertz CT molecular complexity index is 3020. The Morgan fingerprint density at radius 3 is 1.69 bits per heavy atom. The highest BCUT2D eigenvalue weighted by Crippen LogP contribution is 2.51. The largest absolute Gasteiger partial charge is 0.456 e.